The molecule has 144 valence electrons. The molecular formula is C20H24N2O4S. The molecule has 2 aromatic carbocycles. The van der Waals surface area contributed by atoms with Crippen molar-refractivity contribution >= 4 is 15.9 Å². The number of carbonyl (C=O) groups excluding carboxylic acids is 1. The average Bonchev–Trinajstić information content (AvgIpc) is 2.68. The van der Waals surface area contributed by atoms with Crippen molar-refractivity contribution in [2.45, 2.75) is 31.2 Å². The number of benzene rings is 2. The third-order valence-electron chi connectivity index (χ3n) is 4.56. The first-order valence-electron chi connectivity index (χ1n) is 9.06. The summed E-state index contributed by atoms with van der Waals surface area (Å²) < 4.78 is 32.5. The Morgan fingerprint density at radius 2 is 1.81 bits per heavy atom. The molecule has 6 nitrogen and oxygen atoms in total. The number of nitrogens with zero attached hydrogens (tertiary/aromatic N) is 1. The molecule has 0 atom stereocenters. The van der Waals surface area contributed by atoms with E-state index in [4.69, 9.17) is 4.74 Å². The molecule has 0 aliphatic carbocycles. The maximum absolute atomic E-state index is 12.4. The molecule has 0 fully saturated rings. The Labute approximate surface area is 160 Å². The van der Waals surface area contributed by atoms with Gasteiger partial charge < -0.3 is 9.64 Å². The Morgan fingerprint density at radius 1 is 1.11 bits per heavy atom. The second kappa shape index (κ2) is 8.54. The fraction of sp³-hybridized carbons (Fsp3) is 0.350. The number of rotatable bonds is 7. The van der Waals surface area contributed by atoms with Crippen molar-refractivity contribution in [3.05, 3.63) is 59.7 Å². The van der Waals surface area contributed by atoms with Gasteiger partial charge in [-0.25, -0.2) is 13.1 Å². The molecule has 7 heteroatoms. The van der Waals surface area contributed by atoms with Crippen LogP contribution in [-0.4, -0.2) is 38.9 Å². The van der Waals surface area contributed by atoms with Crippen molar-refractivity contribution in [3.8, 4) is 5.75 Å². The van der Waals surface area contributed by atoms with Gasteiger partial charge in [0.15, 0.2) is 0 Å². The smallest absolute Gasteiger partial charge is 0.240 e. The fourth-order valence-electron chi connectivity index (χ4n) is 3.12. The summed E-state index contributed by atoms with van der Waals surface area (Å²) in [5.41, 5.74) is 2.44. The van der Waals surface area contributed by atoms with Crippen LogP contribution in [0.3, 0.4) is 0 Å². The van der Waals surface area contributed by atoms with Crippen molar-refractivity contribution in [1.82, 2.24) is 9.62 Å². The van der Waals surface area contributed by atoms with Crippen molar-refractivity contribution in [3.63, 3.8) is 0 Å². The van der Waals surface area contributed by atoms with Crippen molar-refractivity contribution in [1.29, 1.82) is 0 Å². The van der Waals surface area contributed by atoms with Crippen LogP contribution < -0.4 is 9.46 Å². The van der Waals surface area contributed by atoms with Gasteiger partial charge >= 0.3 is 0 Å². The first kappa shape index (κ1) is 19.4. The van der Waals surface area contributed by atoms with E-state index in [2.05, 4.69) is 10.8 Å². The van der Waals surface area contributed by atoms with Gasteiger partial charge in [-0.15, -0.1) is 0 Å². The largest absolute Gasteiger partial charge is 0.494 e. The van der Waals surface area contributed by atoms with E-state index in [0.29, 0.717) is 25.4 Å². The summed E-state index contributed by atoms with van der Waals surface area (Å²) in [6.45, 7) is 3.71. The number of carbonyl (C=O) groups is 1. The Bertz CT molecular complexity index is 894. The van der Waals surface area contributed by atoms with Gasteiger partial charge in [-0.1, -0.05) is 24.3 Å². The standard InChI is InChI=1S/C20H24N2O4S/c1-2-26-18-7-9-19(10-8-18)27(24,25)21-13-11-20(23)22-14-12-16-5-3-4-6-17(16)15-22/h3-10,21H,2,11-15H2,1H3. The SMILES string of the molecule is CCOc1ccc(S(=O)(=O)NCCC(=O)N2CCc3ccccc3C2)cc1. The summed E-state index contributed by atoms with van der Waals surface area (Å²) >= 11 is 0. The number of fused-ring (bicyclic) bond motifs is 1. The zero-order valence-corrected chi connectivity index (χ0v) is 16.2. The second-order valence-corrected chi connectivity index (χ2v) is 8.15. The molecule has 1 heterocycles. The van der Waals surface area contributed by atoms with E-state index in [1.54, 1.807) is 17.0 Å². The van der Waals surface area contributed by atoms with E-state index in [9.17, 15) is 13.2 Å². The summed E-state index contributed by atoms with van der Waals surface area (Å²) in [7, 11) is -3.64. The van der Waals surface area contributed by atoms with Crippen molar-refractivity contribution in [2.75, 3.05) is 19.7 Å². The molecule has 1 aliphatic heterocycles. The quantitative estimate of drug-likeness (QED) is 0.790. The maximum Gasteiger partial charge on any atom is 0.240 e. The van der Waals surface area contributed by atoms with Crippen molar-refractivity contribution in [2.24, 2.45) is 0 Å². The average molecular weight is 388 g/mol. The first-order valence-corrected chi connectivity index (χ1v) is 10.5. The van der Waals surface area contributed by atoms with E-state index in [1.165, 1.54) is 17.7 Å². The van der Waals surface area contributed by atoms with Gasteiger partial charge in [-0.3, -0.25) is 4.79 Å². The molecule has 1 N–H and O–H groups in total. The van der Waals surface area contributed by atoms with Gasteiger partial charge in [-0.05, 0) is 48.7 Å². The van der Waals surface area contributed by atoms with E-state index in [-0.39, 0.29) is 23.8 Å². The number of ether oxygens (including phenoxy) is 1. The van der Waals surface area contributed by atoms with Crippen LogP contribution >= 0.6 is 0 Å². The van der Waals surface area contributed by atoms with Gasteiger partial charge in [0.2, 0.25) is 15.9 Å². The molecule has 3 rings (SSSR count). The predicted octanol–water partition coefficient (Wildman–Crippen LogP) is 2.34. The van der Waals surface area contributed by atoms with Gasteiger partial charge in [0.05, 0.1) is 11.5 Å². The van der Waals surface area contributed by atoms with Crippen LogP contribution in [0.15, 0.2) is 53.4 Å². The summed E-state index contributed by atoms with van der Waals surface area (Å²) in [5.74, 6) is 0.580. The highest BCUT2D eigenvalue weighted by Gasteiger charge is 2.21. The lowest BCUT2D eigenvalue weighted by Crippen LogP contribution is -2.38. The van der Waals surface area contributed by atoms with Crippen LogP contribution in [0.2, 0.25) is 0 Å². The molecule has 0 unspecified atom stereocenters. The van der Waals surface area contributed by atoms with Crippen LogP contribution in [0, 0.1) is 0 Å². The zero-order chi connectivity index (χ0) is 19.3. The molecule has 0 saturated carbocycles. The van der Waals surface area contributed by atoms with E-state index in [0.717, 1.165) is 12.0 Å². The molecule has 0 spiro atoms. The summed E-state index contributed by atoms with van der Waals surface area (Å²) in [6.07, 6.45) is 0.970. The Balaban J connectivity index is 1.52. The molecule has 0 bridgehead atoms. The molecule has 0 aromatic heterocycles. The second-order valence-electron chi connectivity index (χ2n) is 6.39. The highest BCUT2D eigenvalue weighted by Crippen LogP contribution is 2.19. The zero-order valence-electron chi connectivity index (χ0n) is 15.3. The van der Waals surface area contributed by atoms with Crippen molar-refractivity contribution < 1.29 is 17.9 Å². The highest BCUT2D eigenvalue weighted by atomic mass is 32.2. The minimum atomic E-state index is -3.64. The minimum absolute atomic E-state index is 0.0427. The fourth-order valence-corrected chi connectivity index (χ4v) is 4.16. The number of nitrogens with one attached hydrogen (secondary N) is 1. The topological polar surface area (TPSA) is 75.7 Å². The summed E-state index contributed by atoms with van der Waals surface area (Å²) in [4.78, 5) is 14.4. The van der Waals surface area contributed by atoms with E-state index in [1.807, 2.05) is 25.1 Å². The van der Waals surface area contributed by atoms with Gasteiger partial charge in [-0.2, -0.15) is 0 Å². The van der Waals surface area contributed by atoms with Gasteiger partial charge in [0.25, 0.3) is 0 Å². The Hall–Kier alpha value is -2.38. The number of sulfonamides is 1. The van der Waals surface area contributed by atoms with Gasteiger partial charge in [0, 0.05) is 26.1 Å². The third kappa shape index (κ3) is 4.87. The lowest BCUT2D eigenvalue weighted by Gasteiger charge is -2.29. The number of amides is 1. The van der Waals surface area contributed by atoms with Crippen LogP contribution in [0.1, 0.15) is 24.5 Å². The molecule has 1 aliphatic rings. The molecule has 2 aromatic rings. The van der Waals surface area contributed by atoms with E-state index < -0.39 is 10.0 Å². The van der Waals surface area contributed by atoms with Crippen LogP contribution in [-0.2, 0) is 27.8 Å². The summed E-state index contributed by atoms with van der Waals surface area (Å²) in [6, 6.07) is 14.3. The molecule has 0 saturated heterocycles. The molecule has 1 amide bonds. The molecular weight excluding hydrogens is 364 g/mol. The minimum Gasteiger partial charge on any atom is -0.494 e. The Kier molecular flexibility index (Phi) is 6.13. The van der Waals surface area contributed by atoms with E-state index >= 15 is 0 Å². The Morgan fingerprint density at radius 3 is 2.52 bits per heavy atom. The number of hydrogen-bond donors (Lipinski definition) is 1. The normalized spacial score (nSPS) is 13.9. The predicted molar refractivity (Wildman–Crippen MR) is 103 cm³/mol. The van der Waals surface area contributed by atoms with Crippen LogP contribution in [0.5, 0.6) is 5.75 Å². The van der Waals surface area contributed by atoms with Crippen LogP contribution in [0.4, 0.5) is 0 Å². The molecule has 0 radical (unpaired) electrons. The lowest BCUT2D eigenvalue weighted by atomic mass is 10.00. The van der Waals surface area contributed by atoms with Crippen LogP contribution in [0.25, 0.3) is 0 Å². The summed E-state index contributed by atoms with van der Waals surface area (Å²) in [5, 5.41) is 0. The highest BCUT2D eigenvalue weighted by molar-refractivity contribution is 7.89. The monoisotopic (exact) mass is 388 g/mol. The third-order valence-corrected chi connectivity index (χ3v) is 6.04. The molecule has 27 heavy (non-hydrogen) atoms. The first-order chi connectivity index (χ1) is 13.0. The lowest BCUT2D eigenvalue weighted by molar-refractivity contribution is -0.131. The number of hydrogen-bond acceptors (Lipinski definition) is 4. The van der Waals surface area contributed by atoms with Gasteiger partial charge in [0.1, 0.15) is 5.75 Å². The maximum atomic E-state index is 12.4.